The number of aromatic nitrogens is 2. The maximum Gasteiger partial charge on any atom is 0.168 e. The zero-order valence-electron chi connectivity index (χ0n) is 26.0. The standard InChI is InChI=1S/C36H46N2S2Si/c1-7-9-11-13-19-41(20-14-12-10-8-2)34-32(39-25(4)37-34)33-35(41)38-31(40-33)23-26-16-18-28-27-17-15-24(3)21-29(27)36(5,6)30(28)22-26/h15-18,21-22H,7-14,19-20,23H2,1-6H3. The molecule has 216 valence electrons. The van der Waals surface area contributed by atoms with Gasteiger partial charge in [-0.2, -0.15) is 0 Å². The van der Waals surface area contributed by atoms with Crippen LogP contribution in [0.15, 0.2) is 36.4 Å². The summed E-state index contributed by atoms with van der Waals surface area (Å²) in [4.78, 5) is 13.8. The van der Waals surface area contributed by atoms with Gasteiger partial charge >= 0.3 is 0 Å². The molecule has 0 saturated heterocycles. The molecule has 2 aromatic carbocycles. The van der Waals surface area contributed by atoms with E-state index in [1.807, 2.05) is 22.7 Å². The number of rotatable bonds is 12. The van der Waals surface area contributed by atoms with Gasteiger partial charge in [0, 0.05) is 11.8 Å². The summed E-state index contributed by atoms with van der Waals surface area (Å²) >= 11 is 3.91. The summed E-state index contributed by atoms with van der Waals surface area (Å²) in [6.07, 6.45) is 11.6. The molecule has 2 nitrogen and oxygen atoms in total. The van der Waals surface area contributed by atoms with Crippen LogP contribution in [0.1, 0.15) is 111 Å². The number of nitrogens with zero attached hydrogens (tertiary/aromatic N) is 2. The van der Waals surface area contributed by atoms with E-state index in [9.17, 15) is 0 Å². The Balaban J connectivity index is 1.34. The van der Waals surface area contributed by atoms with Crippen molar-refractivity contribution in [1.82, 2.24) is 9.97 Å². The number of hydrogen-bond acceptors (Lipinski definition) is 4. The highest BCUT2D eigenvalue weighted by atomic mass is 32.1. The number of unbranched alkanes of at least 4 members (excludes halogenated alkanes) is 6. The van der Waals surface area contributed by atoms with E-state index >= 15 is 0 Å². The van der Waals surface area contributed by atoms with Crippen molar-refractivity contribution in [2.75, 3.05) is 0 Å². The third-order valence-electron chi connectivity index (χ3n) is 9.68. The van der Waals surface area contributed by atoms with Crippen molar-refractivity contribution in [3.8, 4) is 20.9 Å². The van der Waals surface area contributed by atoms with Crippen molar-refractivity contribution in [2.24, 2.45) is 0 Å². The highest BCUT2D eigenvalue weighted by Crippen LogP contribution is 2.49. The minimum atomic E-state index is -1.94. The van der Waals surface area contributed by atoms with Crippen LogP contribution in [0.2, 0.25) is 12.1 Å². The van der Waals surface area contributed by atoms with Gasteiger partial charge in [-0.1, -0.05) is 121 Å². The molecule has 0 radical (unpaired) electrons. The van der Waals surface area contributed by atoms with E-state index in [2.05, 4.69) is 77.9 Å². The SMILES string of the molecule is CCCCCC[Si]1(CCCCCC)c2nc(C)sc2-c2sc(Cc3ccc4c(c3)C(C)(C)c3cc(C)ccc3-4)nc21. The second kappa shape index (κ2) is 11.5. The first-order valence-electron chi connectivity index (χ1n) is 16.0. The largest absolute Gasteiger partial charge is 0.250 e. The molecule has 0 N–H and O–H groups in total. The fourth-order valence-electron chi connectivity index (χ4n) is 7.42. The van der Waals surface area contributed by atoms with Gasteiger partial charge in [-0.25, -0.2) is 4.98 Å². The molecule has 0 saturated carbocycles. The smallest absolute Gasteiger partial charge is 0.168 e. The number of aryl methyl sites for hydroxylation is 2. The first-order valence-corrected chi connectivity index (χ1v) is 20.1. The monoisotopic (exact) mass is 598 g/mol. The normalized spacial score (nSPS) is 15.6. The van der Waals surface area contributed by atoms with E-state index in [1.165, 1.54) is 127 Å². The quantitative estimate of drug-likeness (QED) is 0.120. The highest BCUT2D eigenvalue weighted by Gasteiger charge is 2.50. The lowest BCUT2D eigenvalue weighted by atomic mass is 9.81. The molecule has 41 heavy (non-hydrogen) atoms. The van der Waals surface area contributed by atoms with Gasteiger partial charge in [0.05, 0.1) is 30.4 Å². The molecule has 1 aliphatic heterocycles. The van der Waals surface area contributed by atoms with Gasteiger partial charge in [-0.05, 0) is 53.8 Å². The molecule has 0 atom stereocenters. The maximum absolute atomic E-state index is 5.58. The van der Waals surface area contributed by atoms with Gasteiger partial charge in [0.1, 0.15) is 0 Å². The van der Waals surface area contributed by atoms with Crippen LogP contribution in [0.4, 0.5) is 0 Å². The van der Waals surface area contributed by atoms with Crippen LogP contribution in [0, 0.1) is 13.8 Å². The molecule has 0 spiro atoms. The van der Waals surface area contributed by atoms with Crippen molar-refractivity contribution in [2.45, 2.75) is 117 Å². The molecule has 3 heterocycles. The Kier molecular flexibility index (Phi) is 8.17. The molecular formula is C36H46N2S2Si. The van der Waals surface area contributed by atoms with Crippen LogP contribution in [0.3, 0.4) is 0 Å². The Morgan fingerprint density at radius 1 is 0.707 bits per heavy atom. The fourth-order valence-corrected chi connectivity index (χ4v) is 16.2. The number of benzene rings is 2. The predicted octanol–water partition coefficient (Wildman–Crippen LogP) is 9.82. The zero-order chi connectivity index (χ0) is 28.8. The molecule has 0 fully saturated rings. The van der Waals surface area contributed by atoms with E-state index in [-0.39, 0.29) is 5.41 Å². The van der Waals surface area contributed by atoms with Crippen LogP contribution in [-0.2, 0) is 11.8 Å². The van der Waals surface area contributed by atoms with E-state index in [0.717, 1.165) is 6.42 Å². The lowest BCUT2D eigenvalue weighted by Gasteiger charge is -2.26. The topological polar surface area (TPSA) is 25.8 Å². The molecule has 1 aliphatic carbocycles. The Hall–Kier alpha value is -2.08. The third-order valence-corrected chi connectivity index (χ3v) is 17.2. The lowest BCUT2D eigenvalue weighted by Crippen LogP contribution is -2.56. The van der Waals surface area contributed by atoms with Gasteiger partial charge in [-0.15, -0.1) is 22.7 Å². The third kappa shape index (κ3) is 5.10. The number of thiazole rings is 2. The van der Waals surface area contributed by atoms with Crippen LogP contribution >= 0.6 is 22.7 Å². The summed E-state index contributed by atoms with van der Waals surface area (Å²) < 4.78 is 0. The first kappa shape index (κ1) is 29.0. The summed E-state index contributed by atoms with van der Waals surface area (Å²) in [7, 11) is -1.94. The Morgan fingerprint density at radius 3 is 2.00 bits per heavy atom. The van der Waals surface area contributed by atoms with E-state index in [1.54, 1.807) is 0 Å². The van der Waals surface area contributed by atoms with Crippen LogP contribution in [-0.4, -0.2) is 18.0 Å². The number of fused-ring (bicyclic) bond motifs is 6. The van der Waals surface area contributed by atoms with Crippen LogP contribution in [0.5, 0.6) is 0 Å². The van der Waals surface area contributed by atoms with Crippen molar-refractivity contribution >= 4 is 41.4 Å². The molecule has 6 rings (SSSR count). The molecule has 0 unspecified atom stereocenters. The van der Waals surface area contributed by atoms with Crippen molar-refractivity contribution in [1.29, 1.82) is 0 Å². The van der Waals surface area contributed by atoms with Gasteiger partial charge in [-0.3, -0.25) is 4.98 Å². The van der Waals surface area contributed by atoms with Gasteiger partial charge in [0.2, 0.25) is 0 Å². The van der Waals surface area contributed by atoms with E-state index in [4.69, 9.17) is 9.97 Å². The summed E-state index contributed by atoms with van der Waals surface area (Å²) in [5, 5.41) is 5.55. The Morgan fingerprint density at radius 2 is 1.32 bits per heavy atom. The minimum Gasteiger partial charge on any atom is -0.250 e. The predicted molar refractivity (Wildman–Crippen MR) is 182 cm³/mol. The summed E-state index contributed by atoms with van der Waals surface area (Å²) in [6, 6.07) is 16.8. The fraction of sp³-hybridized carbons (Fsp3) is 0.500. The second-order valence-corrected chi connectivity index (χ2v) is 19.5. The molecule has 4 aromatic rings. The maximum atomic E-state index is 5.58. The number of hydrogen-bond donors (Lipinski definition) is 0. The van der Waals surface area contributed by atoms with Crippen molar-refractivity contribution in [3.05, 3.63) is 68.7 Å². The molecule has 2 aliphatic rings. The first-order chi connectivity index (χ1) is 19.8. The summed E-state index contributed by atoms with van der Waals surface area (Å²) in [5.41, 5.74) is 8.52. The highest BCUT2D eigenvalue weighted by molar-refractivity contribution is 7.28. The lowest BCUT2D eigenvalue weighted by molar-refractivity contribution is 0.659. The molecule has 2 aromatic heterocycles. The molecule has 0 amide bonds. The molecule has 0 bridgehead atoms. The second-order valence-electron chi connectivity index (χ2n) is 13.1. The van der Waals surface area contributed by atoms with Crippen molar-refractivity contribution < 1.29 is 0 Å². The van der Waals surface area contributed by atoms with Crippen molar-refractivity contribution in [3.63, 3.8) is 0 Å². The van der Waals surface area contributed by atoms with Gasteiger partial charge in [0.25, 0.3) is 0 Å². The summed E-state index contributed by atoms with van der Waals surface area (Å²) in [6.45, 7) is 13.8. The zero-order valence-corrected chi connectivity index (χ0v) is 28.6. The van der Waals surface area contributed by atoms with Crippen LogP contribution in [0.25, 0.3) is 20.9 Å². The molecular weight excluding hydrogens is 553 g/mol. The average molecular weight is 599 g/mol. The summed E-state index contributed by atoms with van der Waals surface area (Å²) in [5.74, 6) is 0. The average Bonchev–Trinajstić information content (AvgIpc) is 3.65. The Labute approximate surface area is 256 Å². The van der Waals surface area contributed by atoms with Gasteiger partial charge < -0.3 is 0 Å². The molecule has 5 heteroatoms. The van der Waals surface area contributed by atoms with E-state index < -0.39 is 8.07 Å². The van der Waals surface area contributed by atoms with E-state index in [0.29, 0.717) is 0 Å². The van der Waals surface area contributed by atoms with Gasteiger partial charge in [0.15, 0.2) is 8.07 Å². The minimum absolute atomic E-state index is 0.0332. The van der Waals surface area contributed by atoms with Crippen LogP contribution < -0.4 is 10.6 Å². The Bertz CT molecular complexity index is 1550.